The van der Waals surface area contributed by atoms with Crippen molar-refractivity contribution in [2.45, 2.75) is 58.2 Å². The molecular weight excluding hydrogens is 298 g/mol. The highest BCUT2D eigenvalue weighted by atomic mass is 15.3. The maximum atomic E-state index is 4.67. The number of nitrogens with one attached hydrogen (secondary N) is 1. The topological polar surface area (TPSA) is 47.2 Å². The highest BCUT2D eigenvalue weighted by molar-refractivity contribution is 5.53. The minimum Gasteiger partial charge on any atom is -0.306 e. The van der Waals surface area contributed by atoms with E-state index in [1.54, 1.807) is 0 Å². The van der Waals surface area contributed by atoms with Crippen molar-refractivity contribution in [1.29, 1.82) is 0 Å². The van der Waals surface area contributed by atoms with Crippen LogP contribution in [0.2, 0.25) is 0 Å². The Balaban J connectivity index is 1.56. The van der Waals surface area contributed by atoms with Gasteiger partial charge in [0.05, 0.1) is 23.4 Å². The van der Waals surface area contributed by atoms with Crippen molar-refractivity contribution in [1.82, 2.24) is 24.7 Å². The van der Waals surface area contributed by atoms with Crippen LogP contribution in [0.3, 0.4) is 0 Å². The van der Waals surface area contributed by atoms with Gasteiger partial charge in [-0.15, -0.1) is 0 Å². The summed E-state index contributed by atoms with van der Waals surface area (Å²) in [6, 6.07) is 6.56. The van der Waals surface area contributed by atoms with Crippen LogP contribution < -0.4 is 5.32 Å². The molecule has 24 heavy (non-hydrogen) atoms. The smallest absolute Gasteiger partial charge is 0.0706 e. The Kier molecular flexibility index (Phi) is 3.68. The van der Waals surface area contributed by atoms with Gasteiger partial charge in [-0.2, -0.15) is 10.2 Å². The number of hydrogen-bond acceptors (Lipinski definition) is 3. The Hall–Kier alpha value is -2.14. The SMILES string of the molecule is CC(C)(C)n1ncc2c1CCC[C@@H]2NCc1cnn2ccccc12. The molecule has 1 aliphatic rings. The number of fused-ring (bicyclic) bond motifs is 2. The Labute approximate surface area is 142 Å². The van der Waals surface area contributed by atoms with Crippen LogP contribution in [-0.4, -0.2) is 19.4 Å². The summed E-state index contributed by atoms with van der Waals surface area (Å²) >= 11 is 0. The summed E-state index contributed by atoms with van der Waals surface area (Å²) in [6.45, 7) is 7.49. The quantitative estimate of drug-likeness (QED) is 0.803. The van der Waals surface area contributed by atoms with E-state index in [0.717, 1.165) is 13.0 Å². The van der Waals surface area contributed by atoms with Crippen molar-refractivity contribution in [3.63, 3.8) is 0 Å². The molecule has 1 aliphatic carbocycles. The summed E-state index contributed by atoms with van der Waals surface area (Å²) in [4.78, 5) is 0. The summed E-state index contributed by atoms with van der Waals surface area (Å²) in [7, 11) is 0. The van der Waals surface area contributed by atoms with Crippen LogP contribution in [0.25, 0.3) is 5.52 Å². The van der Waals surface area contributed by atoms with Crippen LogP contribution in [0.5, 0.6) is 0 Å². The van der Waals surface area contributed by atoms with Gasteiger partial charge in [0.25, 0.3) is 0 Å². The first-order valence-electron chi connectivity index (χ1n) is 8.76. The minimum absolute atomic E-state index is 0.0396. The second-order valence-corrected chi connectivity index (χ2v) is 7.66. The van der Waals surface area contributed by atoms with E-state index < -0.39 is 0 Å². The van der Waals surface area contributed by atoms with E-state index in [1.165, 1.54) is 35.2 Å². The number of pyridine rings is 1. The molecule has 126 valence electrons. The van der Waals surface area contributed by atoms with Gasteiger partial charge in [-0.25, -0.2) is 4.52 Å². The molecule has 5 heteroatoms. The van der Waals surface area contributed by atoms with Gasteiger partial charge in [-0.3, -0.25) is 4.68 Å². The average Bonchev–Trinajstić information content (AvgIpc) is 3.17. The highest BCUT2D eigenvalue weighted by Crippen LogP contribution is 2.32. The molecule has 0 bridgehead atoms. The Morgan fingerprint density at radius 2 is 2.08 bits per heavy atom. The lowest BCUT2D eigenvalue weighted by Gasteiger charge is -2.28. The fraction of sp³-hybridized carbons (Fsp3) is 0.474. The normalized spacial score (nSPS) is 18.0. The van der Waals surface area contributed by atoms with Crippen molar-refractivity contribution in [2.75, 3.05) is 0 Å². The van der Waals surface area contributed by atoms with Crippen molar-refractivity contribution in [2.24, 2.45) is 0 Å². The summed E-state index contributed by atoms with van der Waals surface area (Å²) < 4.78 is 4.13. The zero-order valence-corrected chi connectivity index (χ0v) is 14.7. The van der Waals surface area contributed by atoms with Crippen LogP contribution in [0.15, 0.2) is 36.8 Å². The summed E-state index contributed by atoms with van der Waals surface area (Å²) in [5.74, 6) is 0. The van der Waals surface area contributed by atoms with Gasteiger partial charge in [-0.05, 0) is 52.2 Å². The van der Waals surface area contributed by atoms with Gasteiger partial charge >= 0.3 is 0 Å². The molecule has 0 saturated heterocycles. The van der Waals surface area contributed by atoms with Crippen molar-refractivity contribution < 1.29 is 0 Å². The van der Waals surface area contributed by atoms with E-state index in [0.29, 0.717) is 6.04 Å². The summed E-state index contributed by atoms with van der Waals surface area (Å²) in [5, 5.41) is 12.8. The Morgan fingerprint density at radius 3 is 2.92 bits per heavy atom. The van der Waals surface area contributed by atoms with E-state index in [9.17, 15) is 0 Å². The van der Waals surface area contributed by atoms with E-state index in [-0.39, 0.29) is 5.54 Å². The lowest BCUT2D eigenvalue weighted by molar-refractivity contribution is 0.334. The van der Waals surface area contributed by atoms with Gasteiger partial charge in [0.2, 0.25) is 0 Å². The van der Waals surface area contributed by atoms with Gasteiger partial charge in [0.1, 0.15) is 0 Å². The van der Waals surface area contributed by atoms with Crippen LogP contribution in [0, 0.1) is 0 Å². The molecule has 0 unspecified atom stereocenters. The molecular formula is C19H25N5. The van der Waals surface area contributed by atoms with E-state index in [4.69, 9.17) is 0 Å². The number of aromatic nitrogens is 4. The molecule has 1 atom stereocenters. The molecule has 3 aromatic rings. The van der Waals surface area contributed by atoms with E-state index >= 15 is 0 Å². The third-order valence-corrected chi connectivity index (χ3v) is 4.86. The molecule has 0 aromatic carbocycles. The third-order valence-electron chi connectivity index (χ3n) is 4.86. The second-order valence-electron chi connectivity index (χ2n) is 7.66. The first-order chi connectivity index (χ1) is 11.5. The molecule has 3 heterocycles. The zero-order valence-electron chi connectivity index (χ0n) is 14.7. The average molecular weight is 323 g/mol. The maximum absolute atomic E-state index is 4.67. The van der Waals surface area contributed by atoms with Crippen LogP contribution in [-0.2, 0) is 18.5 Å². The third kappa shape index (κ3) is 2.63. The second kappa shape index (κ2) is 5.74. The number of rotatable bonds is 3. The Bertz CT molecular complexity index is 852. The van der Waals surface area contributed by atoms with Gasteiger partial charge in [-0.1, -0.05) is 6.07 Å². The number of nitrogens with zero attached hydrogens (tertiary/aromatic N) is 4. The zero-order chi connectivity index (χ0) is 16.7. The molecule has 1 N–H and O–H groups in total. The van der Waals surface area contributed by atoms with E-state index in [2.05, 4.69) is 59.3 Å². The van der Waals surface area contributed by atoms with Crippen LogP contribution >= 0.6 is 0 Å². The van der Waals surface area contributed by atoms with Crippen LogP contribution in [0.4, 0.5) is 0 Å². The largest absolute Gasteiger partial charge is 0.306 e. The molecule has 4 rings (SSSR count). The molecule has 0 fully saturated rings. The minimum atomic E-state index is 0.0396. The molecule has 5 nitrogen and oxygen atoms in total. The first-order valence-corrected chi connectivity index (χ1v) is 8.76. The van der Waals surface area contributed by atoms with Gasteiger partial charge < -0.3 is 5.32 Å². The fourth-order valence-electron chi connectivity index (χ4n) is 3.70. The van der Waals surface area contributed by atoms with Crippen LogP contribution in [0.1, 0.15) is 56.5 Å². The fourth-order valence-corrected chi connectivity index (χ4v) is 3.70. The molecule has 0 aliphatic heterocycles. The summed E-state index contributed by atoms with van der Waals surface area (Å²) in [5.41, 5.74) is 5.22. The van der Waals surface area contributed by atoms with Crippen molar-refractivity contribution in [3.05, 3.63) is 53.6 Å². The van der Waals surface area contributed by atoms with Crippen molar-refractivity contribution in [3.8, 4) is 0 Å². The monoisotopic (exact) mass is 323 g/mol. The molecule has 0 spiro atoms. The molecule has 0 saturated carbocycles. The predicted molar refractivity (Wildman–Crippen MR) is 94.9 cm³/mol. The molecule has 0 radical (unpaired) electrons. The first kappa shape index (κ1) is 15.4. The van der Waals surface area contributed by atoms with Crippen molar-refractivity contribution >= 4 is 5.52 Å². The lowest BCUT2D eigenvalue weighted by Crippen LogP contribution is -2.29. The lowest BCUT2D eigenvalue weighted by atomic mass is 9.92. The number of hydrogen-bond donors (Lipinski definition) is 1. The predicted octanol–water partition coefficient (Wildman–Crippen LogP) is 3.45. The molecule has 0 amide bonds. The van der Waals surface area contributed by atoms with E-state index in [1.807, 2.05) is 23.0 Å². The Morgan fingerprint density at radius 1 is 1.21 bits per heavy atom. The van der Waals surface area contributed by atoms with Gasteiger partial charge in [0.15, 0.2) is 0 Å². The van der Waals surface area contributed by atoms with Gasteiger partial charge in [0, 0.05) is 35.6 Å². The molecule has 3 aromatic heterocycles. The maximum Gasteiger partial charge on any atom is 0.0706 e. The standard InChI is InChI=1S/C19H25N5/c1-19(2,3)24-18-9-6-7-16(15(18)13-22-24)20-11-14-12-21-23-10-5-4-8-17(14)23/h4-5,8,10,12-13,16,20H,6-7,9,11H2,1-3H3/t16-/m0/s1. The highest BCUT2D eigenvalue weighted by Gasteiger charge is 2.27. The summed E-state index contributed by atoms with van der Waals surface area (Å²) in [6.07, 6.45) is 9.52.